The van der Waals surface area contributed by atoms with Crippen LogP contribution in [0.15, 0.2) is 53.4 Å². The highest BCUT2D eigenvalue weighted by Crippen LogP contribution is 2.71. The quantitative estimate of drug-likeness (QED) is 0.302. The Morgan fingerprint density at radius 3 is 2.85 bits per heavy atom. The number of ketones is 2. The molecule has 0 aromatic carbocycles. The molecule has 0 amide bonds. The average molecular weight is 449 g/mol. The van der Waals surface area contributed by atoms with Crippen molar-refractivity contribution in [1.29, 1.82) is 0 Å². The highest BCUT2D eigenvalue weighted by Gasteiger charge is 2.80. The molecule has 4 aliphatic carbocycles. The molecule has 0 unspecified atom stereocenters. The van der Waals surface area contributed by atoms with Crippen LogP contribution in [0.5, 0.6) is 0 Å². The van der Waals surface area contributed by atoms with Crippen LogP contribution < -0.4 is 0 Å². The first kappa shape index (κ1) is 20.8. The summed E-state index contributed by atoms with van der Waals surface area (Å²) < 4.78 is 17.2. The van der Waals surface area contributed by atoms with Crippen molar-refractivity contribution in [2.24, 2.45) is 34.0 Å². The van der Waals surface area contributed by atoms with Crippen molar-refractivity contribution in [3.63, 3.8) is 0 Å². The number of hydrogen-bond donors (Lipinski definition) is 0. The molecule has 4 bridgehead atoms. The first-order valence-corrected chi connectivity index (χ1v) is 11.7. The molecule has 7 atom stereocenters. The lowest BCUT2D eigenvalue weighted by Crippen LogP contribution is -2.68. The van der Waals surface area contributed by atoms with Gasteiger partial charge in [0.25, 0.3) is 0 Å². The summed E-state index contributed by atoms with van der Waals surface area (Å²) in [5.74, 6) is -1.63. The van der Waals surface area contributed by atoms with E-state index in [-0.39, 0.29) is 34.7 Å². The molecule has 1 aromatic rings. The van der Waals surface area contributed by atoms with Crippen LogP contribution in [-0.2, 0) is 23.9 Å². The second kappa shape index (κ2) is 6.66. The summed E-state index contributed by atoms with van der Waals surface area (Å²) in [4.78, 5) is 40.9. The minimum atomic E-state index is -1.41. The third kappa shape index (κ3) is 2.45. The molecule has 1 aliphatic heterocycles. The summed E-state index contributed by atoms with van der Waals surface area (Å²) in [6, 6.07) is 1.73. The minimum Gasteiger partial charge on any atom is -0.472 e. The zero-order valence-electron chi connectivity index (χ0n) is 18.9. The van der Waals surface area contributed by atoms with Gasteiger partial charge in [-0.15, -0.1) is 0 Å². The lowest BCUT2D eigenvalue weighted by Gasteiger charge is -2.59. The number of fused-ring (bicyclic) bond motifs is 1. The molecule has 5 aliphatic rings. The van der Waals surface area contributed by atoms with Crippen LogP contribution in [0.1, 0.15) is 38.7 Å². The Bertz CT molecular complexity index is 1120. The van der Waals surface area contributed by atoms with Crippen molar-refractivity contribution >= 4 is 23.6 Å². The van der Waals surface area contributed by atoms with Crippen LogP contribution in [0, 0.1) is 34.0 Å². The number of carbonyl (C=O) groups is 3. The Balaban J connectivity index is 1.44. The molecule has 33 heavy (non-hydrogen) atoms. The lowest BCUT2D eigenvalue weighted by molar-refractivity contribution is -0.187. The Morgan fingerprint density at radius 1 is 1.27 bits per heavy atom. The van der Waals surface area contributed by atoms with Crippen LogP contribution in [0.4, 0.5) is 0 Å². The van der Waals surface area contributed by atoms with E-state index in [0.29, 0.717) is 25.0 Å². The number of ether oxygens (including phenoxy) is 2. The molecule has 3 saturated carbocycles. The Hall–Kier alpha value is -2.73. The van der Waals surface area contributed by atoms with Crippen molar-refractivity contribution in [2.45, 2.75) is 45.3 Å². The predicted molar refractivity (Wildman–Crippen MR) is 119 cm³/mol. The van der Waals surface area contributed by atoms with Gasteiger partial charge in [0.2, 0.25) is 0 Å². The van der Waals surface area contributed by atoms with Crippen molar-refractivity contribution in [3.8, 4) is 0 Å². The van der Waals surface area contributed by atoms with Gasteiger partial charge in [-0.3, -0.25) is 9.59 Å². The zero-order chi connectivity index (χ0) is 23.2. The number of hydrogen-bond acceptors (Lipinski definition) is 6. The van der Waals surface area contributed by atoms with Gasteiger partial charge in [-0.05, 0) is 48.3 Å². The molecule has 1 aromatic heterocycles. The van der Waals surface area contributed by atoms with Gasteiger partial charge in [0.05, 0.1) is 19.1 Å². The van der Waals surface area contributed by atoms with Gasteiger partial charge in [0.15, 0.2) is 11.6 Å². The number of allylic oxidation sites excluding steroid dienone is 1. The summed E-state index contributed by atoms with van der Waals surface area (Å²) in [7, 11) is 0. The molecular weight excluding hydrogens is 420 g/mol. The zero-order valence-corrected chi connectivity index (χ0v) is 18.9. The molecular formula is C27H28O6. The molecule has 172 valence electrons. The Labute approximate surface area is 192 Å². The van der Waals surface area contributed by atoms with Gasteiger partial charge < -0.3 is 13.9 Å². The number of carbonyl (C=O) groups excluding carboxylic acids is 3. The smallest absolute Gasteiger partial charge is 0.331 e. The van der Waals surface area contributed by atoms with E-state index >= 15 is 0 Å². The fourth-order valence-corrected chi connectivity index (χ4v) is 7.91. The first-order valence-electron chi connectivity index (χ1n) is 11.7. The molecule has 4 fully saturated rings. The molecule has 1 spiro atoms. The summed E-state index contributed by atoms with van der Waals surface area (Å²) in [6.07, 6.45) is 11.1. The van der Waals surface area contributed by atoms with Crippen molar-refractivity contribution in [2.75, 3.05) is 6.61 Å². The van der Waals surface area contributed by atoms with Crippen molar-refractivity contribution < 1.29 is 28.3 Å². The molecule has 6 rings (SSSR count). The van der Waals surface area contributed by atoms with Crippen LogP contribution in [0.3, 0.4) is 0 Å². The molecule has 0 N–H and O–H groups in total. The molecule has 2 heterocycles. The fourth-order valence-electron chi connectivity index (χ4n) is 7.91. The van der Waals surface area contributed by atoms with E-state index in [9.17, 15) is 14.4 Å². The van der Waals surface area contributed by atoms with Gasteiger partial charge in [0, 0.05) is 28.9 Å². The average Bonchev–Trinajstić information content (AvgIpc) is 3.45. The van der Waals surface area contributed by atoms with Crippen LogP contribution in [0.25, 0.3) is 6.08 Å². The minimum absolute atomic E-state index is 0.00804. The van der Waals surface area contributed by atoms with Gasteiger partial charge in [0.1, 0.15) is 17.6 Å². The second-order valence-electron chi connectivity index (χ2n) is 11.0. The summed E-state index contributed by atoms with van der Waals surface area (Å²) in [5.41, 5.74) is -0.804. The molecule has 1 saturated heterocycles. The third-order valence-electron chi connectivity index (χ3n) is 9.07. The predicted octanol–water partition coefficient (Wildman–Crippen LogP) is 3.93. The second-order valence-corrected chi connectivity index (χ2v) is 11.0. The van der Waals surface area contributed by atoms with E-state index in [2.05, 4.69) is 32.6 Å². The van der Waals surface area contributed by atoms with E-state index in [4.69, 9.17) is 13.9 Å². The largest absolute Gasteiger partial charge is 0.472 e. The number of furan rings is 1. The van der Waals surface area contributed by atoms with Gasteiger partial charge in [-0.2, -0.15) is 0 Å². The number of rotatable bonds is 3. The molecule has 6 heteroatoms. The maximum atomic E-state index is 14.2. The number of esters is 1. The lowest BCUT2D eigenvalue weighted by atomic mass is 9.41. The monoisotopic (exact) mass is 448 g/mol. The number of Topliss-reactive ketones (excluding diaryl/α,β-unsaturated/α-hetero) is 2. The molecule has 0 radical (unpaired) electrons. The van der Waals surface area contributed by atoms with Crippen molar-refractivity contribution in [1.82, 2.24) is 0 Å². The maximum Gasteiger partial charge on any atom is 0.331 e. The maximum absolute atomic E-state index is 14.2. The Kier molecular flexibility index (Phi) is 4.21. The van der Waals surface area contributed by atoms with E-state index in [1.807, 2.05) is 0 Å². The van der Waals surface area contributed by atoms with Crippen LogP contribution in [-0.4, -0.2) is 36.4 Å². The topological polar surface area (TPSA) is 82.8 Å². The van der Waals surface area contributed by atoms with E-state index in [0.717, 1.165) is 12.0 Å². The van der Waals surface area contributed by atoms with E-state index in [1.165, 1.54) is 18.6 Å². The van der Waals surface area contributed by atoms with E-state index in [1.54, 1.807) is 12.1 Å². The SMILES string of the molecule is C=C1C(=O)[C@@]23C(=O)[C@@H]4OC[C@]5(C=CCC(C)(C)[C@@H]45)[C@@H]2CC[C@@H]1[C@H]3OC(=O)/C=C/c1ccoc1. The summed E-state index contributed by atoms with van der Waals surface area (Å²) in [5, 5.41) is 0. The Morgan fingerprint density at radius 2 is 2.09 bits per heavy atom. The fraction of sp³-hybridized carbons (Fsp3) is 0.519. The standard InChI is InChI=1S/C27H28O6/c1-15-17-6-7-18-26-11-4-10-25(2,3)21(26)20(32-14-26)23(30)27(18,22(15)29)24(17)33-19(28)8-5-16-9-12-31-13-16/h4-5,8-9,11-13,17-18,20-21,24H,1,6-7,10,14H2,2-3H3/b8-5+/t17-,18-,20+,21+,24+,26+,27+/m0/s1. The highest BCUT2D eigenvalue weighted by atomic mass is 16.5. The summed E-state index contributed by atoms with van der Waals surface area (Å²) >= 11 is 0. The summed E-state index contributed by atoms with van der Waals surface area (Å²) in [6.45, 7) is 8.85. The first-order chi connectivity index (χ1) is 15.7. The van der Waals surface area contributed by atoms with Gasteiger partial charge in [-0.1, -0.05) is 32.6 Å². The van der Waals surface area contributed by atoms with Crippen LogP contribution >= 0.6 is 0 Å². The highest BCUT2D eigenvalue weighted by molar-refractivity contribution is 6.20. The third-order valence-corrected chi connectivity index (χ3v) is 9.07. The normalized spacial score (nSPS) is 42.5. The molecule has 6 nitrogen and oxygen atoms in total. The van der Waals surface area contributed by atoms with Crippen molar-refractivity contribution in [3.05, 3.63) is 54.5 Å². The van der Waals surface area contributed by atoms with Crippen LogP contribution in [0.2, 0.25) is 0 Å². The van der Waals surface area contributed by atoms with E-state index < -0.39 is 29.0 Å². The van der Waals surface area contributed by atoms with Gasteiger partial charge >= 0.3 is 5.97 Å². The van der Waals surface area contributed by atoms with Gasteiger partial charge in [-0.25, -0.2) is 4.79 Å².